The van der Waals surface area contributed by atoms with E-state index in [9.17, 15) is 53.4 Å². The number of carbonyl (C=O) groups excluding carboxylic acids is 9. The molecule has 0 fully saturated rings. The predicted molar refractivity (Wildman–Crippen MR) is 250 cm³/mol. The van der Waals surface area contributed by atoms with Crippen molar-refractivity contribution < 1.29 is 58.1 Å². The highest BCUT2D eigenvalue weighted by Crippen LogP contribution is 2.21. The number of hydrogen-bond acceptors (Lipinski definition) is 12. The second-order valence-corrected chi connectivity index (χ2v) is 18.1. The van der Waals surface area contributed by atoms with Crippen molar-refractivity contribution in [3.63, 3.8) is 0 Å². The molecule has 1 unspecified atom stereocenters. The van der Waals surface area contributed by atoms with Crippen molar-refractivity contribution in [3.8, 4) is 5.75 Å². The van der Waals surface area contributed by atoms with Crippen LogP contribution in [0.2, 0.25) is 0 Å². The quantitative estimate of drug-likeness (QED) is 0.0337. The minimum Gasteiger partial charge on any atom is -0.508 e. The first kappa shape index (κ1) is 59.0. The summed E-state index contributed by atoms with van der Waals surface area (Å²) in [6.45, 7) is 19.6. The zero-order valence-corrected chi connectivity index (χ0v) is 41.4. The number of primary amides is 1. The molecule has 376 valence electrons. The summed E-state index contributed by atoms with van der Waals surface area (Å²) in [5.74, 6) is -8.08. The highest BCUT2D eigenvalue weighted by atomic mass is 16.5. The first-order valence-electron chi connectivity index (χ1n) is 22.8. The number of aromatic hydroxyl groups is 1. The van der Waals surface area contributed by atoms with Crippen LogP contribution in [0.4, 0.5) is 0 Å². The maximum atomic E-state index is 14.5. The molecule has 0 spiro atoms. The highest BCUT2D eigenvalue weighted by molar-refractivity contribution is 5.96. The fourth-order valence-electron chi connectivity index (χ4n) is 6.87. The molecule has 0 radical (unpaired) electrons. The number of nitrogens with zero attached hydrogens (tertiary/aromatic N) is 2. The van der Waals surface area contributed by atoms with E-state index in [0.29, 0.717) is 24.1 Å². The number of rotatable bonds is 28. The van der Waals surface area contributed by atoms with Gasteiger partial charge < -0.3 is 57.1 Å². The summed E-state index contributed by atoms with van der Waals surface area (Å²) in [5.41, 5.74) is 6.40. The van der Waals surface area contributed by atoms with Crippen molar-refractivity contribution in [2.24, 2.45) is 29.4 Å². The average molecular weight is 945 g/mol. The third-order valence-corrected chi connectivity index (χ3v) is 11.3. The Hall–Kier alpha value is -6.05. The molecule has 8 amide bonds. The molecule has 0 bridgehead atoms. The van der Waals surface area contributed by atoms with E-state index in [4.69, 9.17) is 10.5 Å². The van der Waals surface area contributed by atoms with E-state index < -0.39 is 114 Å². The van der Waals surface area contributed by atoms with Crippen molar-refractivity contribution in [2.45, 2.75) is 164 Å². The molecule has 0 saturated carbocycles. The fraction of sp³-hybridized carbons (Fsp3) is 0.638. The van der Waals surface area contributed by atoms with E-state index in [-0.39, 0.29) is 37.4 Å². The van der Waals surface area contributed by atoms with Gasteiger partial charge in [-0.2, -0.15) is 0 Å². The van der Waals surface area contributed by atoms with E-state index >= 15 is 0 Å². The molecule has 0 aliphatic heterocycles. The number of phenols is 1. The topological polar surface area (TPSA) is 296 Å². The molecular weight excluding hydrogens is 869 g/mol. The van der Waals surface area contributed by atoms with Gasteiger partial charge in [-0.1, -0.05) is 80.0 Å². The Labute approximate surface area is 394 Å². The van der Waals surface area contributed by atoms with Crippen LogP contribution in [0.25, 0.3) is 0 Å². The Morgan fingerprint density at radius 1 is 0.791 bits per heavy atom. The van der Waals surface area contributed by atoms with Crippen LogP contribution in [0, 0.1) is 23.7 Å². The number of allylic oxidation sites excluding steroid dienone is 2. The van der Waals surface area contributed by atoms with Crippen molar-refractivity contribution in [3.05, 3.63) is 41.6 Å². The average Bonchev–Trinajstić information content (AvgIpc) is 3.25. The zero-order chi connectivity index (χ0) is 51.5. The lowest BCUT2D eigenvalue weighted by atomic mass is 9.96. The van der Waals surface area contributed by atoms with Crippen LogP contribution in [0.3, 0.4) is 0 Å². The largest absolute Gasteiger partial charge is 0.508 e. The van der Waals surface area contributed by atoms with Crippen LogP contribution in [0.1, 0.15) is 114 Å². The normalized spacial score (nSPS) is 15.6. The van der Waals surface area contributed by atoms with Crippen LogP contribution in [-0.2, 0) is 54.3 Å². The molecular formula is C47H76N8O12. The molecule has 1 aromatic carbocycles. The molecule has 0 aliphatic rings. The lowest BCUT2D eigenvalue weighted by Crippen LogP contribution is -2.61. The van der Waals surface area contributed by atoms with Gasteiger partial charge in [0.15, 0.2) is 0 Å². The Morgan fingerprint density at radius 3 is 1.84 bits per heavy atom. The summed E-state index contributed by atoms with van der Waals surface area (Å²) < 4.78 is 5.90. The molecule has 0 aliphatic carbocycles. The van der Waals surface area contributed by atoms with Gasteiger partial charge >= 0.3 is 5.97 Å². The molecule has 9 N–H and O–H groups in total. The number of nitrogens with two attached hydrogens (primary N) is 1. The summed E-state index contributed by atoms with van der Waals surface area (Å²) in [5, 5.41) is 33.5. The smallest absolute Gasteiger partial charge is 0.329 e. The van der Waals surface area contributed by atoms with Crippen molar-refractivity contribution in [2.75, 3.05) is 7.05 Å². The Morgan fingerprint density at radius 2 is 1.36 bits per heavy atom. The lowest BCUT2D eigenvalue weighted by Gasteiger charge is -2.38. The minimum absolute atomic E-state index is 0.0477. The van der Waals surface area contributed by atoms with Gasteiger partial charge in [-0.15, -0.1) is 0 Å². The summed E-state index contributed by atoms with van der Waals surface area (Å²) in [7, 11) is 1.35. The number of carbonyl (C=O) groups is 9. The third kappa shape index (κ3) is 19.0. The number of phenolic OH excluding ortho intramolecular Hbond substituents is 1. The molecule has 1 aromatic rings. The van der Waals surface area contributed by atoms with Gasteiger partial charge in [0, 0.05) is 31.5 Å². The second kappa shape index (κ2) is 28.2. The summed E-state index contributed by atoms with van der Waals surface area (Å²) in [4.78, 5) is 123. The Balaban J connectivity index is 3.82. The maximum Gasteiger partial charge on any atom is 0.329 e. The number of aliphatic hydroxyl groups excluding tert-OH is 1. The molecule has 9 atom stereocenters. The van der Waals surface area contributed by atoms with Gasteiger partial charge in [-0.05, 0) is 76.0 Å². The molecule has 20 nitrogen and oxygen atoms in total. The first-order chi connectivity index (χ1) is 31.2. The van der Waals surface area contributed by atoms with E-state index in [2.05, 4.69) is 26.6 Å². The monoisotopic (exact) mass is 945 g/mol. The third-order valence-electron chi connectivity index (χ3n) is 11.3. The van der Waals surface area contributed by atoms with Crippen LogP contribution >= 0.6 is 0 Å². The Kier molecular flexibility index (Phi) is 24.8. The molecule has 0 heterocycles. The summed E-state index contributed by atoms with van der Waals surface area (Å²) in [6.07, 6.45) is -1.03. The molecule has 1 rings (SSSR count). The summed E-state index contributed by atoms with van der Waals surface area (Å²) in [6, 6.07) is -2.24. The van der Waals surface area contributed by atoms with Gasteiger partial charge in [0.2, 0.25) is 47.8 Å². The number of ether oxygens (including phenoxy) is 1. The number of amides is 8. The summed E-state index contributed by atoms with van der Waals surface area (Å²) >= 11 is 0. The van der Waals surface area contributed by atoms with Gasteiger partial charge in [-0.3, -0.25) is 38.4 Å². The van der Waals surface area contributed by atoms with Crippen molar-refractivity contribution >= 4 is 53.7 Å². The van der Waals surface area contributed by atoms with E-state index in [1.54, 1.807) is 73.6 Å². The molecule has 67 heavy (non-hydrogen) atoms. The van der Waals surface area contributed by atoms with Gasteiger partial charge in [0.05, 0.1) is 0 Å². The van der Waals surface area contributed by atoms with Crippen molar-refractivity contribution in [1.82, 2.24) is 36.4 Å². The number of benzene rings is 1. The van der Waals surface area contributed by atoms with Crippen LogP contribution in [0.5, 0.6) is 5.75 Å². The maximum absolute atomic E-state index is 14.5. The number of esters is 1. The van der Waals surface area contributed by atoms with Gasteiger partial charge in [0.25, 0.3) is 0 Å². The van der Waals surface area contributed by atoms with Crippen molar-refractivity contribution in [1.29, 1.82) is 0 Å². The first-order valence-corrected chi connectivity index (χ1v) is 22.8. The van der Waals surface area contributed by atoms with Gasteiger partial charge in [0.1, 0.15) is 54.3 Å². The van der Waals surface area contributed by atoms with Crippen LogP contribution in [0.15, 0.2) is 36.0 Å². The van der Waals surface area contributed by atoms with Crippen LogP contribution < -0.4 is 32.3 Å². The SMILES string of the molecule is C/C=C(\C)NC(=O)[C@H](CC(C)C)NC(=O)[C@@H](NC(=O)[C@H](CCC(N)=O)NC(=O)C(C)C)[C@@H](C)OC(=O)[C@@H](NC(=O)[C@H](Cc1ccc(O)cc1)N(C)C(=O)[C@H](C(C)C)N(C=O)[C@H](C)O)C(C)CC. The fourth-order valence-corrected chi connectivity index (χ4v) is 6.87. The predicted octanol–water partition coefficient (Wildman–Crippen LogP) is 1.51. The second-order valence-electron chi connectivity index (χ2n) is 18.1. The standard InChI is InChI=1S/C47H76N8O12/c1-14-28(9)38(52-44(63)36(23-32-16-18-33(58)19-17-32)54(13)46(65)40(26(5)6)55(24-56)31(12)57)47(66)67-30(11)39(45(64)51-35(22-25(3)4)43(62)49-29(10)15-2)53-42(61)34(20-21-37(48)59)50-41(60)27(7)8/h15-19,24-28,30-31,34-36,38-40,57-58H,14,20-23H2,1-13H3,(H2,48,59)(H,49,62)(H,50,60)(H,51,64)(H,52,63)(H,53,61)/b29-15+/t28?,30-,31+,34+,35+,36+,38+,39+,40+/m1/s1. The Bertz CT molecular complexity index is 1890. The zero-order valence-electron chi connectivity index (χ0n) is 41.4. The number of likely N-dealkylation sites (N-methyl/N-ethyl adjacent to an activating group) is 1. The van der Waals surface area contributed by atoms with Crippen LogP contribution in [-0.4, -0.2) is 129 Å². The molecule has 0 saturated heterocycles. The number of nitrogens with one attached hydrogen (secondary N) is 5. The molecule has 20 heteroatoms. The minimum atomic E-state index is -1.71. The van der Waals surface area contributed by atoms with E-state index in [1.165, 1.54) is 33.0 Å². The van der Waals surface area contributed by atoms with E-state index in [0.717, 1.165) is 9.80 Å². The lowest BCUT2D eigenvalue weighted by molar-refractivity contribution is -0.158. The number of hydrogen-bond donors (Lipinski definition) is 8. The van der Waals surface area contributed by atoms with E-state index in [1.807, 2.05) is 13.8 Å². The van der Waals surface area contributed by atoms with Gasteiger partial charge in [-0.25, -0.2) is 4.79 Å². The number of aliphatic hydroxyl groups is 1. The molecule has 0 aromatic heterocycles. The highest BCUT2D eigenvalue weighted by Gasteiger charge is 2.41.